The van der Waals surface area contributed by atoms with E-state index in [1.807, 2.05) is 6.20 Å². The van der Waals surface area contributed by atoms with Crippen LogP contribution < -0.4 is 0 Å². The van der Waals surface area contributed by atoms with E-state index in [1.165, 1.54) is 31.4 Å². The van der Waals surface area contributed by atoms with E-state index >= 15 is 0 Å². The van der Waals surface area contributed by atoms with Gasteiger partial charge >= 0.3 is 0 Å². The minimum atomic E-state index is -0.416. The van der Waals surface area contributed by atoms with Gasteiger partial charge in [-0.05, 0) is 31.9 Å². The van der Waals surface area contributed by atoms with Gasteiger partial charge in [-0.3, -0.25) is 10.00 Å². The number of β-amino-alcohol motifs (C(OH)–C–C–N with tert-alkyl or cyclic N) is 1. The van der Waals surface area contributed by atoms with Crippen LogP contribution in [0.15, 0.2) is 12.3 Å². The highest BCUT2D eigenvalue weighted by atomic mass is 16.3. The molecule has 1 unspecified atom stereocenters. The fourth-order valence-electron chi connectivity index (χ4n) is 3.51. The quantitative estimate of drug-likeness (QED) is 0.860. The van der Waals surface area contributed by atoms with Crippen molar-refractivity contribution >= 4 is 0 Å². The van der Waals surface area contributed by atoms with Gasteiger partial charge in [0.1, 0.15) is 0 Å². The molecule has 1 saturated carbocycles. The fraction of sp³-hybridized carbons (Fsp3) is 0.786. The summed E-state index contributed by atoms with van der Waals surface area (Å²) in [6, 6.07) is 2.07. The molecule has 2 N–H and O–H groups in total. The van der Waals surface area contributed by atoms with Crippen molar-refractivity contribution in [3.05, 3.63) is 18.0 Å². The fourth-order valence-corrected chi connectivity index (χ4v) is 3.51. The van der Waals surface area contributed by atoms with E-state index in [2.05, 4.69) is 21.2 Å². The first-order valence-electron chi connectivity index (χ1n) is 7.19. The number of rotatable bonds is 3. The van der Waals surface area contributed by atoms with Crippen LogP contribution in [0.2, 0.25) is 0 Å². The van der Waals surface area contributed by atoms with Crippen molar-refractivity contribution in [3.63, 3.8) is 0 Å². The Morgan fingerprint density at radius 2 is 2.22 bits per heavy atom. The average Bonchev–Trinajstić information content (AvgIpc) is 2.99. The topological polar surface area (TPSA) is 52.1 Å². The lowest BCUT2D eigenvalue weighted by Gasteiger charge is -2.35. The van der Waals surface area contributed by atoms with Crippen LogP contribution in [0.25, 0.3) is 0 Å². The Morgan fingerprint density at radius 1 is 1.39 bits per heavy atom. The predicted molar refractivity (Wildman–Crippen MR) is 70.4 cm³/mol. The first-order valence-corrected chi connectivity index (χ1v) is 7.19. The van der Waals surface area contributed by atoms with Crippen LogP contribution >= 0.6 is 0 Å². The highest BCUT2D eigenvalue weighted by Crippen LogP contribution is 2.32. The number of hydrogen-bond donors (Lipinski definition) is 2. The number of aromatic amines is 1. The molecule has 18 heavy (non-hydrogen) atoms. The summed E-state index contributed by atoms with van der Waals surface area (Å²) in [7, 11) is 0. The maximum absolute atomic E-state index is 10.6. The summed E-state index contributed by atoms with van der Waals surface area (Å²) >= 11 is 0. The van der Waals surface area contributed by atoms with Gasteiger partial charge in [-0.15, -0.1) is 0 Å². The Balaban J connectivity index is 1.56. The van der Waals surface area contributed by atoms with E-state index < -0.39 is 5.60 Å². The molecule has 100 valence electrons. The first kappa shape index (κ1) is 12.2. The van der Waals surface area contributed by atoms with Gasteiger partial charge in [0.25, 0.3) is 0 Å². The second-order valence-corrected chi connectivity index (χ2v) is 6.02. The maximum atomic E-state index is 10.6. The van der Waals surface area contributed by atoms with E-state index in [-0.39, 0.29) is 0 Å². The summed E-state index contributed by atoms with van der Waals surface area (Å²) in [6.07, 6.45) is 8.64. The monoisotopic (exact) mass is 249 g/mol. The van der Waals surface area contributed by atoms with Crippen molar-refractivity contribution < 1.29 is 5.11 Å². The van der Waals surface area contributed by atoms with Crippen LogP contribution in [-0.2, 0) is 0 Å². The van der Waals surface area contributed by atoms with Crippen molar-refractivity contribution in [2.75, 3.05) is 19.6 Å². The molecule has 1 atom stereocenters. The summed E-state index contributed by atoms with van der Waals surface area (Å²) in [5, 5.41) is 17.7. The molecule has 0 radical (unpaired) electrons. The van der Waals surface area contributed by atoms with Gasteiger partial charge in [0, 0.05) is 30.9 Å². The third-order valence-electron chi connectivity index (χ3n) is 4.54. The van der Waals surface area contributed by atoms with Gasteiger partial charge in [0.15, 0.2) is 0 Å². The molecule has 0 aromatic carbocycles. The van der Waals surface area contributed by atoms with Crippen molar-refractivity contribution in [3.8, 4) is 0 Å². The molecule has 1 aliphatic carbocycles. The van der Waals surface area contributed by atoms with Gasteiger partial charge in [0.2, 0.25) is 0 Å². The highest BCUT2D eigenvalue weighted by Gasteiger charge is 2.34. The van der Waals surface area contributed by atoms with Crippen molar-refractivity contribution in [1.29, 1.82) is 0 Å². The number of aromatic nitrogens is 2. The van der Waals surface area contributed by atoms with Crippen LogP contribution in [0, 0.1) is 0 Å². The second kappa shape index (κ2) is 5.02. The zero-order valence-corrected chi connectivity index (χ0v) is 10.9. The molecule has 1 aromatic heterocycles. The molecule has 1 aliphatic heterocycles. The standard InChI is InChI=1S/C14H23N3O/c18-14(6-2-1-3-7-14)11-17-9-5-12(10-17)13-4-8-15-16-13/h4,8,12,18H,1-3,5-7,9-11H2,(H,15,16). The first-order chi connectivity index (χ1) is 8.75. The van der Waals surface area contributed by atoms with E-state index in [0.717, 1.165) is 32.5 Å². The zero-order valence-electron chi connectivity index (χ0n) is 10.9. The molecule has 2 heterocycles. The smallest absolute Gasteiger partial charge is 0.0774 e. The van der Waals surface area contributed by atoms with Crippen molar-refractivity contribution in [2.45, 2.75) is 50.0 Å². The molecule has 4 heteroatoms. The molecule has 0 amide bonds. The minimum absolute atomic E-state index is 0.416. The Kier molecular flexibility index (Phi) is 3.39. The summed E-state index contributed by atoms with van der Waals surface area (Å²) in [5.74, 6) is 0.569. The molecular weight excluding hydrogens is 226 g/mol. The molecule has 2 aliphatic rings. The number of aliphatic hydroxyl groups is 1. The molecular formula is C14H23N3O. The van der Waals surface area contributed by atoms with Crippen molar-refractivity contribution in [2.24, 2.45) is 0 Å². The number of nitrogens with zero attached hydrogens (tertiary/aromatic N) is 2. The lowest BCUT2D eigenvalue weighted by molar-refractivity contribution is -0.0216. The third-order valence-corrected chi connectivity index (χ3v) is 4.54. The Bertz CT molecular complexity index is 370. The summed E-state index contributed by atoms with van der Waals surface area (Å²) in [4.78, 5) is 2.43. The second-order valence-electron chi connectivity index (χ2n) is 6.02. The van der Waals surface area contributed by atoms with Crippen LogP contribution in [0.3, 0.4) is 0 Å². The number of likely N-dealkylation sites (tertiary alicyclic amines) is 1. The van der Waals surface area contributed by atoms with Crippen LogP contribution in [-0.4, -0.2) is 45.4 Å². The van der Waals surface area contributed by atoms with Crippen LogP contribution in [0.1, 0.15) is 50.1 Å². The SMILES string of the molecule is OC1(CN2CCC(c3ccn[nH]3)C2)CCCCC1. The largest absolute Gasteiger partial charge is 0.389 e. The predicted octanol–water partition coefficient (Wildman–Crippen LogP) is 1.89. The van der Waals surface area contributed by atoms with E-state index in [4.69, 9.17) is 0 Å². The number of hydrogen-bond acceptors (Lipinski definition) is 3. The average molecular weight is 249 g/mol. The minimum Gasteiger partial charge on any atom is -0.389 e. The molecule has 2 fully saturated rings. The Hall–Kier alpha value is -0.870. The van der Waals surface area contributed by atoms with E-state index in [1.54, 1.807) is 0 Å². The molecule has 1 aromatic rings. The molecule has 0 spiro atoms. The van der Waals surface area contributed by atoms with E-state index in [9.17, 15) is 5.11 Å². The molecule has 1 saturated heterocycles. The maximum Gasteiger partial charge on any atom is 0.0774 e. The summed E-state index contributed by atoms with van der Waals surface area (Å²) in [5.41, 5.74) is 0.828. The van der Waals surface area contributed by atoms with Gasteiger partial charge in [0.05, 0.1) is 5.60 Å². The molecule has 4 nitrogen and oxygen atoms in total. The van der Waals surface area contributed by atoms with Crippen LogP contribution in [0.5, 0.6) is 0 Å². The summed E-state index contributed by atoms with van der Waals surface area (Å²) in [6.45, 7) is 3.02. The number of nitrogens with one attached hydrogen (secondary N) is 1. The number of H-pyrrole nitrogens is 1. The van der Waals surface area contributed by atoms with Gasteiger partial charge in [-0.1, -0.05) is 19.3 Å². The lowest BCUT2D eigenvalue weighted by Crippen LogP contribution is -2.43. The van der Waals surface area contributed by atoms with Gasteiger partial charge in [-0.25, -0.2) is 0 Å². The molecule has 3 rings (SSSR count). The molecule has 0 bridgehead atoms. The summed E-state index contributed by atoms with van der Waals surface area (Å²) < 4.78 is 0. The zero-order chi connectivity index (χ0) is 12.4. The van der Waals surface area contributed by atoms with E-state index in [0.29, 0.717) is 5.92 Å². The normalized spacial score (nSPS) is 28.6. The van der Waals surface area contributed by atoms with Gasteiger partial charge < -0.3 is 5.11 Å². The van der Waals surface area contributed by atoms with Gasteiger partial charge in [-0.2, -0.15) is 5.10 Å². The third kappa shape index (κ3) is 2.59. The lowest BCUT2D eigenvalue weighted by atomic mass is 9.84. The highest BCUT2D eigenvalue weighted by molar-refractivity contribution is 5.09. The Morgan fingerprint density at radius 3 is 2.94 bits per heavy atom. The van der Waals surface area contributed by atoms with Crippen molar-refractivity contribution in [1.82, 2.24) is 15.1 Å². The Labute approximate surface area is 108 Å². The van der Waals surface area contributed by atoms with Crippen LogP contribution in [0.4, 0.5) is 0 Å².